The zero-order valence-corrected chi connectivity index (χ0v) is 14.4. The van der Waals surface area contributed by atoms with Gasteiger partial charge in [0, 0.05) is 18.7 Å². The fourth-order valence-corrected chi connectivity index (χ4v) is 3.48. The van der Waals surface area contributed by atoms with Crippen molar-refractivity contribution in [3.05, 3.63) is 36.1 Å². The molecule has 1 fully saturated rings. The summed E-state index contributed by atoms with van der Waals surface area (Å²) in [5.41, 5.74) is 7.31. The van der Waals surface area contributed by atoms with E-state index >= 15 is 0 Å². The SMILES string of the molecule is COc1ccc(-c2ccc(C(=O)N3C[C@H](C)C[C@@H](C)C3)o2)cc1N. The topological polar surface area (TPSA) is 68.7 Å². The van der Waals surface area contributed by atoms with Gasteiger partial charge in [0.15, 0.2) is 5.76 Å². The summed E-state index contributed by atoms with van der Waals surface area (Å²) in [7, 11) is 1.58. The lowest BCUT2D eigenvalue weighted by Crippen LogP contribution is -2.42. The predicted molar refractivity (Wildman–Crippen MR) is 94.0 cm³/mol. The number of hydrogen-bond donors (Lipinski definition) is 1. The van der Waals surface area contributed by atoms with E-state index in [1.807, 2.05) is 17.0 Å². The Hall–Kier alpha value is -2.43. The third-order valence-corrected chi connectivity index (χ3v) is 4.49. The molecule has 2 aromatic rings. The fraction of sp³-hybridized carbons (Fsp3) is 0.421. The quantitative estimate of drug-likeness (QED) is 0.873. The van der Waals surface area contributed by atoms with Gasteiger partial charge in [-0.2, -0.15) is 0 Å². The molecule has 1 aromatic heterocycles. The zero-order valence-electron chi connectivity index (χ0n) is 14.4. The number of methoxy groups -OCH3 is 1. The molecule has 1 saturated heterocycles. The number of rotatable bonds is 3. The summed E-state index contributed by atoms with van der Waals surface area (Å²) in [4.78, 5) is 14.6. The minimum atomic E-state index is -0.0406. The molecule has 1 aliphatic rings. The number of carbonyl (C=O) groups excluding carboxylic acids is 1. The molecule has 3 rings (SSSR count). The van der Waals surface area contributed by atoms with Crippen LogP contribution in [0, 0.1) is 11.8 Å². The van der Waals surface area contributed by atoms with Crippen LogP contribution in [0.5, 0.6) is 5.75 Å². The summed E-state index contributed by atoms with van der Waals surface area (Å²) >= 11 is 0. The van der Waals surface area contributed by atoms with Gasteiger partial charge in [0.1, 0.15) is 11.5 Å². The molecule has 0 spiro atoms. The lowest BCUT2D eigenvalue weighted by molar-refractivity contribution is 0.0592. The zero-order chi connectivity index (χ0) is 17.3. The molecular weight excluding hydrogens is 304 g/mol. The molecule has 1 aromatic carbocycles. The number of anilines is 1. The summed E-state index contributed by atoms with van der Waals surface area (Å²) in [5, 5.41) is 0. The molecule has 0 bridgehead atoms. The summed E-state index contributed by atoms with van der Waals surface area (Å²) in [6.45, 7) is 5.94. The molecule has 24 heavy (non-hydrogen) atoms. The van der Waals surface area contributed by atoms with E-state index in [0.29, 0.717) is 34.8 Å². The maximum atomic E-state index is 12.7. The van der Waals surface area contributed by atoms with E-state index in [-0.39, 0.29) is 5.91 Å². The van der Waals surface area contributed by atoms with Crippen LogP contribution in [-0.4, -0.2) is 31.0 Å². The number of hydrogen-bond acceptors (Lipinski definition) is 4. The Bertz CT molecular complexity index is 728. The summed E-state index contributed by atoms with van der Waals surface area (Å²) in [5.74, 6) is 2.63. The van der Waals surface area contributed by atoms with E-state index in [1.54, 1.807) is 25.3 Å². The van der Waals surface area contributed by atoms with Gasteiger partial charge >= 0.3 is 0 Å². The Morgan fingerprint density at radius 2 is 1.92 bits per heavy atom. The van der Waals surface area contributed by atoms with Gasteiger partial charge in [-0.3, -0.25) is 4.79 Å². The van der Waals surface area contributed by atoms with E-state index in [9.17, 15) is 4.79 Å². The van der Waals surface area contributed by atoms with Gasteiger partial charge in [-0.15, -0.1) is 0 Å². The molecule has 128 valence electrons. The van der Waals surface area contributed by atoms with Crippen molar-refractivity contribution < 1.29 is 13.9 Å². The first-order valence-electron chi connectivity index (χ1n) is 8.31. The second kappa shape index (κ2) is 6.59. The van der Waals surface area contributed by atoms with Crippen molar-refractivity contribution in [3.8, 4) is 17.1 Å². The van der Waals surface area contributed by atoms with Crippen LogP contribution in [0.25, 0.3) is 11.3 Å². The van der Waals surface area contributed by atoms with E-state index in [4.69, 9.17) is 14.9 Å². The molecule has 0 saturated carbocycles. The van der Waals surface area contributed by atoms with Gasteiger partial charge in [-0.1, -0.05) is 13.8 Å². The Kier molecular flexibility index (Phi) is 4.51. The highest BCUT2D eigenvalue weighted by Gasteiger charge is 2.27. The number of carbonyl (C=O) groups is 1. The number of furan rings is 1. The minimum absolute atomic E-state index is 0.0406. The Morgan fingerprint density at radius 1 is 1.21 bits per heavy atom. The largest absolute Gasteiger partial charge is 0.495 e. The number of nitrogens with two attached hydrogens (primary N) is 1. The smallest absolute Gasteiger partial charge is 0.289 e. The van der Waals surface area contributed by atoms with Crippen molar-refractivity contribution in [1.82, 2.24) is 4.90 Å². The average molecular weight is 328 g/mol. The molecule has 0 radical (unpaired) electrons. The van der Waals surface area contributed by atoms with Gasteiger partial charge in [-0.25, -0.2) is 0 Å². The Balaban J connectivity index is 1.80. The molecule has 1 aliphatic heterocycles. The number of amides is 1. The number of ether oxygens (including phenoxy) is 1. The molecular formula is C19H24N2O3. The minimum Gasteiger partial charge on any atom is -0.495 e. The molecule has 5 heteroatoms. The van der Waals surface area contributed by atoms with Gasteiger partial charge in [0.25, 0.3) is 5.91 Å². The van der Waals surface area contributed by atoms with Crippen LogP contribution in [0.3, 0.4) is 0 Å². The molecule has 1 amide bonds. The van der Waals surface area contributed by atoms with Gasteiger partial charge in [-0.05, 0) is 48.6 Å². The second-order valence-electron chi connectivity index (χ2n) is 6.78. The Morgan fingerprint density at radius 3 is 2.54 bits per heavy atom. The third-order valence-electron chi connectivity index (χ3n) is 4.49. The Labute approximate surface area is 142 Å². The standard InChI is InChI=1S/C19H24N2O3/c1-12-8-13(2)11-21(10-12)19(22)18-7-6-16(24-18)14-4-5-17(23-3)15(20)9-14/h4-7,9,12-13H,8,10-11,20H2,1-3H3/t12-,13-/m1/s1. The highest BCUT2D eigenvalue weighted by atomic mass is 16.5. The van der Waals surface area contributed by atoms with E-state index < -0.39 is 0 Å². The van der Waals surface area contributed by atoms with Crippen LogP contribution in [-0.2, 0) is 0 Å². The van der Waals surface area contributed by atoms with Crippen molar-refractivity contribution >= 4 is 11.6 Å². The van der Waals surface area contributed by atoms with Crippen LogP contribution in [0.1, 0.15) is 30.8 Å². The van der Waals surface area contributed by atoms with Crippen molar-refractivity contribution in [3.63, 3.8) is 0 Å². The maximum absolute atomic E-state index is 12.7. The van der Waals surface area contributed by atoms with Crippen LogP contribution in [0.2, 0.25) is 0 Å². The summed E-state index contributed by atoms with van der Waals surface area (Å²) in [6, 6.07) is 9.00. The van der Waals surface area contributed by atoms with Crippen LogP contribution < -0.4 is 10.5 Å². The lowest BCUT2D eigenvalue weighted by atomic mass is 9.92. The van der Waals surface area contributed by atoms with Crippen LogP contribution in [0.4, 0.5) is 5.69 Å². The maximum Gasteiger partial charge on any atom is 0.289 e. The van der Waals surface area contributed by atoms with Crippen molar-refractivity contribution in [2.75, 3.05) is 25.9 Å². The summed E-state index contributed by atoms with van der Waals surface area (Å²) < 4.78 is 11.0. The van der Waals surface area contributed by atoms with Crippen molar-refractivity contribution in [2.24, 2.45) is 11.8 Å². The average Bonchev–Trinajstić information content (AvgIpc) is 3.03. The van der Waals surface area contributed by atoms with Gasteiger partial charge < -0.3 is 19.8 Å². The van der Waals surface area contributed by atoms with E-state index in [1.165, 1.54) is 0 Å². The number of piperidine rings is 1. The van der Waals surface area contributed by atoms with Gasteiger partial charge in [0.2, 0.25) is 0 Å². The number of nitrogen functional groups attached to an aromatic ring is 1. The monoisotopic (exact) mass is 328 g/mol. The first-order valence-corrected chi connectivity index (χ1v) is 8.31. The second-order valence-corrected chi connectivity index (χ2v) is 6.78. The first kappa shape index (κ1) is 16.4. The third kappa shape index (κ3) is 3.25. The predicted octanol–water partition coefficient (Wildman–Crippen LogP) is 3.66. The van der Waals surface area contributed by atoms with Crippen LogP contribution >= 0.6 is 0 Å². The number of benzene rings is 1. The molecule has 2 heterocycles. The highest BCUT2D eigenvalue weighted by molar-refractivity contribution is 5.92. The fourth-order valence-electron chi connectivity index (χ4n) is 3.48. The van der Waals surface area contributed by atoms with Gasteiger partial charge in [0.05, 0.1) is 12.8 Å². The first-order chi connectivity index (χ1) is 11.5. The van der Waals surface area contributed by atoms with Crippen molar-refractivity contribution in [1.29, 1.82) is 0 Å². The van der Waals surface area contributed by atoms with E-state index in [0.717, 1.165) is 25.1 Å². The molecule has 2 atom stereocenters. The molecule has 0 unspecified atom stereocenters. The lowest BCUT2D eigenvalue weighted by Gasteiger charge is -2.34. The highest BCUT2D eigenvalue weighted by Crippen LogP contribution is 2.30. The van der Waals surface area contributed by atoms with Crippen LogP contribution in [0.15, 0.2) is 34.7 Å². The number of likely N-dealkylation sites (tertiary alicyclic amines) is 1. The van der Waals surface area contributed by atoms with Crippen molar-refractivity contribution in [2.45, 2.75) is 20.3 Å². The normalized spacial score (nSPS) is 20.9. The van der Waals surface area contributed by atoms with E-state index in [2.05, 4.69) is 13.8 Å². The molecule has 0 aliphatic carbocycles. The summed E-state index contributed by atoms with van der Waals surface area (Å²) in [6.07, 6.45) is 1.16. The molecule has 5 nitrogen and oxygen atoms in total. The molecule has 2 N–H and O–H groups in total. The number of nitrogens with zero attached hydrogens (tertiary/aromatic N) is 1.